The molecule has 5 atom stereocenters. The largest absolute Gasteiger partial charge is 0.381 e. The topological polar surface area (TPSA) is 9.23 Å². The lowest BCUT2D eigenvalue weighted by Crippen LogP contribution is -2.55. The highest BCUT2D eigenvalue weighted by Gasteiger charge is 2.56. The third-order valence-electron chi connectivity index (χ3n) is 4.38. The first kappa shape index (κ1) is 8.22. The molecule has 0 aromatic heterocycles. The fourth-order valence-electron chi connectivity index (χ4n) is 4.26. The first-order chi connectivity index (χ1) is 6.20. The lowest BCUT2D eigenvalue weighted by Gasteiger charge is -2.56. The molecule has 0 aromatic rings. The van der Waals surface area contributed by atoms with Crippen LogP contribution >= 0.6 is 0 Å². The third-order valence-corrected chi connectivity index (χ3v) is 4.38. The lowest BCUT2D eigenvalue weighted by atomic mass is 9.53. The molecule has 4 saturated carbocycles. The van der Waals surface area contributed by atoms with E-state index in [0.29, 0.717) is 23.9 Å². The van der Waals surface area contributed by atoms with E-state index in [1.54, 1.807) is 7.11 Å². The van der Waals surface area contributed by atoms with Crippen molar-refractivity contribution in [2.24, 2.45) is 17.8 Å². The van der Waals surface area contributed by atoms with Crippen molar-refractivity contribution in [1.82, 2.24) is 0 Å². The molecule has 0 radical (unpaired) electrons. The molecule has 0 amide bonds. The van der Waals surface area contributed by atoms with Crippen LogP contribution in [0.25, 0.3) is 0 Å². The van der Waals surface area contributed by atoms with Gasteiger partial charge in [0.2, 0.25) is 0 Å². The van der Waals surface area contributed by atoms with Crippen molar-refractivity contribution in [1.29, 1.82) is 0 Å². The highest BCUT2D eigenvalue weighted by Crippen LogP contribution is 2.57. The van der Waals surface area contributed by atoms with Crippen LogP contribution in [-0.4, -0.2) is 18.9 Å². The van der Waals surface area contributed by atoms with Crippen molar-refractivity contribution in [3.63, 3.8) is 0 Å². The first-order valence-electron chi connectivity index (χ1n) is 5.42. The van der Waals surface area contributed by atoms with Crippen molar-refractivity contribution in [2.45, 2.75) is 43.9 Å². The van der Waals surface area contributed by atoms with Gasteiger partial charge in [-0.05, 0) is 49.9 Å². The van der Waals surface area contributed by atoms with Crippen molar-refractivity contribution in [2.75, 3.05) is 7.11 Å². The van der Waals surface area contributed by atoms with Crippen LogP contribution < -0.4 is 0 Å². The molecule has 2 heteroatoms. The third kappa shape index (κ3) is 1.08. The number of halogens is 1. The second-order valence-electron chi connectivity index (χ2n) is 5.32. The molecular formula is C11H17FO. The van der Waals surface area contributed by atoms with Crippen molar-refractivity contribution < 1.29 is 9.13 Å². The standard InChI is InChI=1S/C11H17FO/c1-13-10-8-2-7-3-9(10)6-11(12,4-7)5-8/h7-10H,2-6H2,1H3/t7?,8-,9+,10?,11?. The monoisotopic (exact) mass is 184 g/mol. The molecule has 0 spiro atoms. The molecule has 1 nitrogen and oxygen atoms in total. The molecule has 74 valence electrons. The van der Waals surface area contributed by atoms with E-state index in [1.807, 2.05) is 0 Å². The summed E-state index contributed by atoms with van der Waals surface area (Å²) < 4.78 is 19.6. The highest BCUT2D eigenvalue weighted by molar-refractivity contribution is 5.06. The van der Waals surface area contributed by atoms with E-state index >= 15 is 0 Å². The van der Waals surface area contributed by atoms with Crippen molar-refractivity contribution >= 4 is 0 Å². The average Bonchev–Trinajstić information content (AvgIpc) is 2.00. The van der Waals surface area contributed by atoms with E-state index in [4.69, 9.17) is 4.74 Å². The summed E-state index contributed by atoms with van der Waals surface area (Å²) in [5, 5.41) is 0. The van der Waals surface area contributed by atoms with Gasteiger partial charge >= 0.3 is 0 Å². The second kappa shape index (κ2) is 2.47. The van der Waals surface area contributed by atoms with Crippen LogP contribution in [0.1, 0.15) is 32.1 Å². The zero-order valence-electron chi connectivity index (χ0n) is 8.13. The number of hydrogen-bond donors (Lipinski definition) is 0. The van der Waals surface area contributed by atoms with Gasteiger partial charge in [0.15, 0.2) is 0 Å². The van der Waals surface area contributed by atoms with E-state index in [0.717, 1.165) is 19.3 Å². The molecule has 0 saturated heterocycles. The van der Waals surface area contributed by atoms with E-state index in [1.165, 1.54) is 12.8 Å². The SMILES string of the molecule is COC1[C@@H]2CC3C[C@H]1CC(F)(C3)C2. The maximum atomic E-state index is 14.1. The fourth-order valence-corrected chi connectivity index (χ4v) is 4.26. The summed E-state index contributed by atoms with van der Waals surface area (Å²) >= 11 is 0. The molecule has 13 heavy (non-hydrogen) atoms. The predicted octanol–water partition coefficient (Wildman–Crippen LogP) is 2.55. The molecule has 0 aliphatic heterocycles. The van der Waals surface area contributed by atoms with Crippen LogP contribution in [0.15, 0.2) is 0 Å². The van der Waals surface area contributed by atoms with Gasteiger partial charge in [-0.2, -0.15) is 0 Å². The van der Waals surface area contributed by atoms with Gasteiger partial charge in [-0.1, -0.05) is 0 Å². The highest BCUT2D eigenvalue weighted by atomic mass is 19.1. The summed E-state index contributed by atoms with van der Waals surface area (Å²) in [5.74, 6) is 1.73. The zero-order valence-corrected chi connectivity index (χ0v) is 8.13. The number of rotatable bonds is 1. The first-order valence-corrected chi connectivity index (χ1v) is 5.42. The molecule has 0 heterocycles. The molecule has 4 bridgehead atoms. The quantitative estimate of drug-likeness (QED) is 0.608. The van der Waals surface area contributed by atoms with Crippen LogP contribution in [0.3, 0.4) is 0 Å². The molecule has 0 aromatic carbocycles. The number of methoxy groups -OCH3 is 1. The Balaban J connectivity index is 1.90. The Labute approximate surface area is 78.7 Å². The summed E-state index contributed by atoms with van der Waals surface area (Å²) in [6.45, 7) is 0. The maximum Gasteiger partial charge on any atom is 0.112 e. The molecule has 4 rings (SSSR count). The summed E-state index contributed by atoms with van der Waals surface area (Å²) in [5.41, 5.74) is -0.800. The Morgan fingerprint density at radius 3 is 2.23 bits per heavy atom. The normalized spacial score (nSPS) is 58.6. The smallest absolute Gasteiger partial charge is 0.112 e. The zero-order chi connectivity index (χ0) is 9.05. The van der Waals surface area contributed by atoms with Crippen LogP contribution in [0, 0.1) is 17.8 Å². The predicted molar refractivity (Wildman–Crippen MR) is 48.2 cm³/mol. The maximum absolute atomic E-state index is 14.1. The van der Waals surface area contributed by atoms with Crippen LogP contribution in [-0.2, 0) is 4.74 Å². The van der Waals surface area contributed by atoms with Crippen molar-refractivity contribution in [3.8, 4) is 0 Å². The molecule has 4 aliphatic rings. The van der Waals surface area contributed by atoms with E-state index in [2.05, 4.69) is 0 Å². The molecule has 4 aliphatic carbocycles. The minimum Gasteiger partial charge on any atom is -0.381 e. The Bertz CT molecular complexity index is 212. The van der Waals surface area contributed by atoms with Gasteiger partial charge in [0.1, 0.15) is 5.67 Å². The van der Waals surface area contributed by atoms with Gasteiger partial charge in [-0.3, -0.25) is 0 Å². The van der Waals surface area contributed by atoms with Gasteiger partial charge in [-0.15, -0.1) is 0 Å². The van der Waals surface area contributed by atoms with E-state index < -0.39 is 5.67 Å². The average molecular weight is 184 g/mol. The second-order valence-corrected chi connectivity index (χ2v) is 5.32. The van der Waals surface area contributed by atoms with Crippen LogP contribution in [0.5, 0.6) is 0 Å². The number of hydrogen-bond acceptors (Lipinski definition) is 1. The summed E-state index contributed by atoms with van der Waals surface area (Å²) in [4.78, 5) is 0. The number of ether oxygens (including phenoxy) is 1. The molecule has 3 unspecified atom stereocenters. The summed E-state index contributed by atoms with van der Waals surface area (Å²) in [6, 6.07) is 0. The summed E-state index contributed by atoms with van der Waals surface area (Å²) in [7, 11) is 1.79. The minimum absolute atomic E-state index is 0.375. The van der Waals surface area contributed by atoms with E-state index in [9.17, 15) is 4.39 Å². The van der Waals surface area contributed by atoms with Gasteiger partial charge < -0.3 is 4.74 Å². The number of alkyl halides is 1. The Morgan fingerprint density at radius 1 is 1.15 bits per heavy atom. The molecule has 4 fully saturated rings. The Kier molecular flexibility index (Phi) is 1.56. The Hall–Kier alpha value is -0.110. The fraction of sp³-hybridized carbons (Fsp3) is 1.00. The summed E-state index contributed by atoms with van der Waals surface area (Å²) in [6.07, 6.45) is 5.22. The van der Waals surface area contributed by atoms with Gasteiger partial charge in [-0.25, -0.2) is 4.39 Å². The van der Waals surface area contributed by atoms with Crippen molar-refractivity contribution in [3.05, 3.63) is 0 Å². The van der Waals surface area contributed by atoms with Gasteiger partial charge in [0, 0.05) is 7.11 Å². The minimum atomic E-state index is -0.800. The van der Waals surface area contributed by atoms with Gasteiger partial charge in [0.05, 0.1) is 6.10 Å². The van der Waals surface area contributed by atoms with Gasteiger partial charge in [0.25, 0.3) is 0 Å². The lowest BCUT2D eigenvalue weighted by molar-refractivity contribution is -0.154. The van der Waals surface area contributed by atoms with Crippen LogP contribution in [0.4, 0.5) is 4.39 Å². The Morgan fingerprint density at radius 2 is 1.77 bits per heavy atom. The van der Waals surface area contributed by atoms with E-state index in [-0.39, 0.29) is 0 Å². The van der Waals surface area contributed by atoms with Crippen LogP contribution in [0.2, 0.25) is 0 Å². The molecular weight excluding hydrogens is 167 g/mol. The molecule has 0 N–H and O–H groups in total.